The maximum Gasteiger partial charge on any atom is 0.230 e. The second-order valence-electron chi connectivity index (χ2n) is 5.54. The summed E-state index contributed by atoms with van der Waals surface area (Å²) in [4.78, 5) is 24.1. The fourth-order valence-corrected chi connectivity index (χ4v) is 3.06. The molecule has 7 nitrogen and oxygen atoms in total. The molecule has 0 bridgehead atoms. The third kappa shape index (κ3) is 3.51. The Balaban J connectivity index is 1.69. The molecule has 24 heavy (non-hydrogen) atoms. The van der Waals surface area contributed by atoms with Gasteiger partial charge in [0.05, 0.1) is 5.02 Å². The highest BCUT2D eigenvalue weighted by Crippen LogP contribution is 2.24. The molecular weight excluding hydrogens is 326 g/mol. The average molecular weight is 348 g/mol. The first kappa shape index (κ1) is 16.7. The predicted octanol–water partition coefficient (Wildman–Crippen LogP) is 2.09. The van der Waals surface area contributed by atoms with Gasteiger partial charge >= 0.3 is 0 Å². The number of rotatable bonds is 5. The zero-order valence-corrected chi connectivity index (χ0v) is 14.8. The first-order valence-electron chi connectivity index (χ1n) is 8.27. The number of anilines is 3. The van der Waals surface area contributed by atoms with Gasteiger partial charge in [0.15, 0.2) is 0 Å². The SMILES string of the molecule is CCN(CC)c1ncnc(N2CCN(c3ncccc3Cl)CC2)n1. The zero-order valence-electron chi connectivity index (χ0n) is 14.1. The predicted molar refractivity (Wildman–Crippen MR) is 97.1 cm³/mol. The van der Waals surface area contributed by atoms with Crippen LogP contribution in [-0.4, -0.2) is 59.2 Å². The van der Waals surface area contributed by atoms with Crippen LogP contribution in [0.25, 0.3) is 0 Å². The van der Waals surface area contributed by atoms with Crippen LogP contribution >= 0.6 is 11.6 Å². The lowest BCUT2D eigenvalue weighted by atomic mass is 10.3. The number of hydrogen-bond donors (Lipinski definition) is 0. The van der Waals surface area contributed by atoms with Crippen molar-refractivity contribution in [2.24, 2.45) is 0 Å². The minimum Gasteiger partial charge on any atom is -0.352 e. The molecule has 3 rings (SSSR count). The minimum absolute atomic E-state index is 0.690. The topological polar surface area (TPSA) is 61.3 Å². The van der Waals surface area contributed by atoms with E-state index in [4.69, 9.17) is 11.6 Å². The fraction of sp³-hybridized carbons (Fsp3) is 0.500. The molecule has 0 unspecified atom stereocenters. The summed E-state index contributed by atoms with van der Waals surface area (Å²) in [6, 6.07) is 3.72. The third-order valence-corrected chi connectivity index (χ3v) is 4.49. The summed E-state index contributed by atoms with van der Waals surface area (Å²) in [5.41, 5.74) is 0. The molecule has 0 amide bonds. The van der Waals surface area contributed by atoms with Crippen molar-refractivity contribution in [3.63, 3.8) is 0 Å². The number of hydrogen-bond acceptors (Lipinski definition) is 7. The first-order valence-corrected chi connectivity index (χ1v) is 8.65. The van der Waals surface area contributed by atoms with Crippen LogP contribution in [0.4, 0.5) is 17.7 Å². The number of halogens is 1. The fourth-order valence-electron chi connectivity index (χ4n) is 2.82. The lowest BCUT2D eigenvalue weighted by Gasteiger charge is -2.35. The summed E-state index contributed by atoms with van der Waals surface area (Å²) in [6.45, 7) is 9.29. The molecule has 0 radical (unpaired) electrons. The van der Waals surface area contributed by atoms with E-state index in [1.807, 2.05) is 12.1 Å². The maximum atomic E-state index is 6.24. The van der Waals surface area contributed by atoms with E-state index in [0.29, 0.717) is 5.02 Å². The Labute approximate surface area is 147 Å². The van der Waals surface area contributed by atoms with Gasteiger partial charge in [-0.3, -0.25) is 0 Å². The Morgan fingerprint density at radius 3 is 2.42 bits per heavy atom. The molecule has 8 heteroatoms. The quantitative estimate of drug-likeness (QED) is 0.820. The van der Waals surface area contributed by atoms with Crippen LogP contribution in [0.15, 0.2) is 24.7 Å². The highest BCUT2D eigenvalue weighted by atomic mass is 35.5. The van der Waals surface area contributed by atoms with Crippen LogP contribution in [-0.2, 0) is 0 Å². The van der Waals surface area contributed by atoms with E-state index in [1.54, 1.807) is 12.5 Å². The van der Waals surface area contributed by atoms with Gasteiger partial charge in [-0.2, -0.15) is 4.98 Å². The minimum atomic E-state index is 0.690. The molecule has 1 aliphatic rings. The van der Waals surface area contributed by atoms with Crippen LogP contribution in [0.2, 0.25) is 5.02 Å². The summed E-state index contributed by atoms with van der Waals surface area (Å²) in [5.74, 6) is 2.32. The number of piperazine rings is 1. The molecule has 2 aromatic heterocycles. The average Bonchev–Trinajstić information content (AvgIpc) is 2.64. The van der Waals surface area contributed by atoms with Gasteiger partial charge in [-0.1, -0.05) is 11.6 Å². The van der Waals surface area contributed by atoms with E-state index < -0.39 is 0 Å². The van der Waals surface area contributed by atoms with Crippen molar-refractivity contribution >= 4 is 29.3 Å². The Morgan fingerprint density at radius 1 is 1.04 bits per heavy atom. The molecule has 0 aromatic carbocycles. The highest BCUT2D eigenvalue weighted by molar-refractivity contribution is 6.32. The molecule has 2 aromatic rings. The van der Waals surface area contributed by atoms with Gasteiger partial charge in [-0.25, -0.2) is 15.0 Å². The van der Waals surface area contributed by atoms with E-state index in [2.05, 4.69) is 48.5 Å². The number of pyridine rings is 1. The van der Waals surface area contributed by atoms with Gasteiger partial charge in [0.25, 0.3) is 0 Å². The second kappa shape index (κ2) is 7.61. The third-order valence-electron chi connectivity index (χ3n) is 4.19. The van der Waals surface area contributed by atoms with Gasteiger partial charge in [0.1, 0.15) is 12.1 Å². The van der Waals surface area contributed by atoms with Gasteiger partial charge in [-0.05, 0) is 26.0 Å². The van der Waals surface area contributed by atoms with E-state index in [9.17, 15) is 0 Å². The van der Waals surface area contributed by atoms with Crippen molar-refractivity contribution in [3.8, 4) is 0 Å². The summed E-state index contributed by atoms with van der Waals surface area (Å²) in [7, 11) is 0. The van der Waals surface area contributed by atoms with E-state index in [0.717, 1.165) is 57.0 Å². The molecule has 0 saturated carbocycles. The van der Waals surface area contributed by atoms with Crippen molar-refractivity contribution in [2.45, 2.75) is 13.8 Å². The molecule has 1 fully saturated rings. The van der Waals surface area contributed by atoms with Gasteiger partial charge in [0, 0.05) is 45.5 Å². The van der Waals surface area contributed by atoms with Gasteiger partial charge in [0.2, 0.25) is 11.9 Å². The number of aromatic nitrogens is 4. The second-order valence-corrected chi connectivity index (χ2v) is 5.95. The molecule has 0 N–H and O–H groups in total. The van der Waals surface area contributed by atoms with Crippen LogP contribution in [0.3, 0.4) is 0 Å². The molecule has 0 aliphatic carbocycles. The Morgan fingerprint density at radius 2 is 1.75 bits per heavy atom. The molecule has 1 aliphatic heterocycles. The molecular formula is C16H22ClN7. The Kier molecular flexibility index (Phi) is 5.30. The normalized spacial score (nSPS) is 14.8. The van der Waals surface area contributed by atoms with Crippen molar-refractivity contribution in [3.05, 3.63) is 29.7 Å². The van der Waals surface area contributed by atoms with Crippen molar-refractivity contribution in [1.82, 2.24) is 19.9 Å². The van der Waals surface area contributed by atoms with Crippen LogP contribution in [0.1, 0.15) is 13.8 Å². The smallest absolute Gasteiger partial charge is 0.230 e. The van der Waals surface area contributed by atoms with E-state index in [-0.39, 0.29) is 0 Å². The molecule has 128 valence electrons. The highest BCUT2D eigenvalue weighted by Gasteiger charge is 2.22. The largest absolute Gasteiger partial charge is 0.352 e. The van der Waals surface area contributed by atoms with Gasteiger partial charge in [-0.15, -0.1) is 0 Å². The lowest BCUT2D eigenvalue weighted by molar-refractivity contribution is 0.632. The van der Waals surface area contributed by atoms with Crippen molar-refractivity contribution in [2.75, 3.05) is 54.0 Å². The van der Waals surface area contributed by atoms with Crippen LogP contribution in [0.5, 0.6) is 0 Å². The molecule has 3 heterocycles. The summed E-state index contributed by atoms with van der Waals surface area (Å²) < 4.78 is 0. The Hall–Kier alpha value is -2.15. The van der Waals surface area contributed by atoms with Gasteiger partial charge < -0.3 is 14.7 Å². The zero-order chi connectivity index (χ0) is 16.9. The van der Waals surface area contributed by atoms with Crippen LogP contribution < -0.4 is 14.7 Å². The monoisotopic (exact) mass is 347 g/mol. The summed E-state index contributed by atoms with van der Waals surface area (Å²) in [6.07, 6.45) is 3.37. The summed E-state index contributed by atoms with van der Waals surface area (Å²) >= 11 is 6.24. The Bertz CT molecular complexity index is 669. The van der Waals surface area contributed by atoms with E-state index >= 15 is 0 Å². The molecule has 0 atom stereocenters. The van der Waals surface area contributed by atoms with Crippen LogP contribution in [0, 0.1) is 0 Å². The van der Waals surface area contributed by atoms with Crippen molar-refractivity contribution in [1.29, 1.82) is 0 Å². The standard InChI is InChI=1S/C16H22ClN7/c1-3-22(4-2)15-19-12-20-16(21-15)24-10-8-23(9-11-24)14-13(17)6-5-7-18-14/h5-7,12H,3-4,8-11H2,1-2H3. The van der Waals surface area contributed by atoms with E-state index in [1.165, 1.54) is 0 Å². The molecule has 0 spiro atoms. The molecule has 1 saturated heterocycles. The maximum absolute atomic E-state index is 6.24. The van der Waals surface area contributed by atoms with Crippen molar-refractivity contribution < 1.29 is 0 Å². The number of nitrogens with zero attached hydrogens (tertiary/aromatic N) is 7. The lowest BCUT2D eigenvalue weighted by Crippen LogP contribution is -2.47. The first-order chi connectivity index (χ1) is 11.7. The summed E-state index contributed by atoms with van der Waals surface area (Å²) in [5, 5.41) is 0.690.